The summed E-state index contributed by atoms with van der Waals surface area (Å²) in [5.74, 6) is 2.54. The van der Waals surface area contributed by atoms with Crippen LogP contribution in [0.15, 0.2) is 0 Å². The second kappa shape index (κ2) is 6.66. The molecule has 1 unspecified atom stereocenters. The SMILES string of the molecule is CCNCc1c(C)nn(C)c1N1CCSC(CC)C1. The summed E-state index contributed by atoms with van der Waals surface area (Å²) in [5, 5.41) is 8.82. The molecule has 1 aliphatic rings. The standard InChI is InChI=1S/C14H26N4S/c1-5-12-10-18(7-8-19-12)14-13(9-15-6-2)11(3)16-17(14)4/h12,15H,5-10H2,1-4H3. The molecule has 2 rings (SSSR count). The Morgan fingerprint density at radius 2 is 2.21 bits per heavy atom. The van der Waals surface area contributed by atoms with E-state index in [4.69, 9.17) is 0 Å². The Hall–Kier alpha value is -0.680. The zero-order chi connectivity index (χ0) is 13.8. The average Bonchev–Trinajstić information content (AvgIpc) is 2.70. The van der Waals surface area contributed by atoms with Crippen molar-refractivity contribution in [1.29, 1.82) is 0 Å². The van der Waals surface area contributed by atoms with Gasteiger partial charge in [0.05, 0.1) is 5.69 Å². The van der Waals surface area contributed by atoms with Crippen molar-refractivity contribution in [3.05, 3.63) is 11.3 Å². The quantitative estimate of drug-likeness (QED) is 0.897. The van der Waals surface area contributed by atoms with Crippen LogP contribution in [0.5, 0.6) is 0 Å². The van der Waals surface area contributed by atoms with Gasteiger partial charge in [0.1, 0.15) is 5.82 Å². The molecule has 1 fully saturated rings. The van der Waals surface area contributed by atoms with Gasteiger partial charge in [0.15, 0.2) is 0 Å². The summed E-state index contributed by atoms with van der Waals surface area (Å²) < 4.78 is 2.06. The highest BCUT2D eigenvalue weighted by Gasteiger charge is 2.24. The molecule has 1 atom stereocenters. The Kier molecular flexibility index (Phi) is 5.16. The molecule has 0 spiro atoms. The van der Waals surface area contributed by atoms with Crippen molar-refractivity contribution in [2.45, 2.75) is 39.0 Å². The summed E-state index contributed by atoms with van der Waals surface area (Å²) in [6, 6.07) is 0. The first-order valence-corrected chi connectivity index (χ1v) is 8.31. The zero-order valence-electron chi connectivity index (χ0n) is 12.6. The van der Waals surface area contributed by atoms with E-state index >= 15 is 0 Å². The minimum absolute atomic E-state index is 0.760. The normalized spacial score (nSPS) is 20.0. The predicted octanol–water partition coefficient (Wildman–Crippen LogP) is 2.17. The van der Waals surface area contributed by atoms with E-state index in [1.165, 1.54) is 23.6 Å². The highest BCUT2D eigenvalue weighted by molar-refractivity contribution is 8.00. The topological polar surface area (TPSA) is 33.1 Å². The first kappa shape index (κ1) is 14.7. The van der Waals surface area contributed by atoms with Crippen molar-refractivity contribution in [3.8, 4) is 0 Å². The molecule has 19 heavy (non-hydrogen) atoms. The van der Waals surface area contributed by atoms with E-state index < -0.39 is 0 Å². The molecule has 5 heteroatoms. The molecule has 0 radical (unpaired) electrons. The Labute approximate surface area is 120 Å². The van der Waals surface area contributed by atoms with Crippen molar-refractivity contribution >= 4 is 17.6 Å². The number of aryl methyl sites for hydroxylation is 2. The minimum Gasteiger partial charge on any atom is -0.355 e. The molecule has 1 aromatic rings. The Bertz CT molecular complexity index is 416. The number of hydrogen-bond donors (Lipinski definition) is 1. The molecule has 0 aromatic carbocycles. The van der Waals surface area contributed by atoms with Gasteiger partial charge in [-0.2, -0.15) is 16.9 Å². The summed E-state index contributed by atoms with van der Waals surface area (Å²) in [6.07, 6.45) is 1.25. The minimum atomic E-state index is 0.760. The van der Waals surface area contributed by atoms with Crippen molar-refractivity contribution in [2.24, 2.45) is 7.05 Å². The molecular formula is C14H26N4S. The smallest absolute Gasteiger partial charge is 0.131 e. The second-order valence-electron chi connectivity index (χ2n) is 5.14. The molecule has 1 saturated heterocycles. The molecule has 4 nitrogen and oxygen atoms in total. The molecule has 108 valence electrons. The van der Waals surface area contributed by atoms with Crippen LogP contribution in [-0.2, 0) is 13.6 Å². The number of anilines is 1. The third kappa shape index (κ3) is 3.26. The largest absolute Gasteiger partial charge is 0.355 e. The van der Waals surface area contributed by atoms with Crippen molar-refractivity contribution in [2.75, 3.05) is 30.3 Å². The summed E-state index contributed by atoms with van der Waals surface area (Å²) in [7, 11) is 2.07. The number of hydrogen-bond acceptors (Lipinski definition) is 4. The van der Waals surface area contributed by atoms with Crippen LogP contribution >= 0.6 is 11.8 Å². The molecule has 0 bridgehead atoms. The molecule has 0 saturated carbocycles. The maximum atomic E-state index is 4.62. The Morgan fingerprint density at radius 1 is 1.42 bits per heavy atom. The van der Waals surface area contributed by atoms with Gasteiger partial charge in [0, 0.05) is 43.2 Å². The fraction of sp³-hybridized carbons (Fsp3) is 0.786. The Balaban J connectivity index is 2.22. The number of rotatable bonds is 5. The highest BCUT2D eigenvalue weighted by atomic mass is 32.2. The molecule has 1 aromatic heterocycles. The summed E-state index contributed by atoms with van der Waals surface area (Å²) >= 11 is 2.11. The zero-order valence-corrected chi connectivity index (χ0v) is 13.4. The summed E-state index contributed by atoms with van der Waals surface area (Å²) in [5.41, 5.74) is 2.52. The van der Waals surface area contributed by atoms with Gasteiger partial charge in [-0.15, -0.1) is 0 Å². The number of thioether (sulfide) groups is 1. The Morgan fingerprint density at radius 3 is 2.89 bits per heavy atom. The molecule has 0 amide bonds. The fourth-order valence-electron chi connectivity index (χ4n) is 2.70. The van der Waals surface area contributed by atoms with Gasteiger partial charge in [-0.3, -0.25) is 4.68 Å². The van der Waals surface area contributed by atoms with Crippen LogP contribution in [0.3, 0.4) is 0 Å². The van der Waals surface area contributed by atoms with Gasteiger partial charge < -0.3 is 10.2 Å². The predicted molar refractivity (Wildman–Crippen MR) is 84.1 cm³/mol. The van der Waals surface area contributed by atoms with E-state index in [1.807, 2.05) is 0 Å². The molecule has 1 N–H and O–H groups in total. The van der Waals surface area contributed by atoms with E-state index in [0.717, 1.165) is 37.1 Å². The molecule has 1 aliphatic heterocycles. The van der Waals surface area contributed by atoms with E-state index in [2.05, 4.69) is 59.6 Å². The van der Waals surface area contributed by atoms with E-state index in [0.29, 0.717) is 0 Å². The number of nitrogens with one attached hydrogen (secondary N) is 1. The van der Waals surface area contributed by atoms with Crippen LogP contribution in [0.4, 0.5) is 5.82 Å². The van der Waals surface area contributed by atoms with Gasteiger partial charge >= 0.3 is 0 Å². The lowest BCUT2D eigenvalue weighted by Gasteiger charge is -2.34. The second-order valence-corrected chi connectivity index (χ2v) is 6.55. The van der Waals surface area contributed by atoms with Gasteiger partial charge in [-0.25, -0.2) is 0 Å². The third-order valence-electron chi connectivity index (χ3n) is 3.76. The fourth-order valence-corrected chi connectivity index (χ4v) is 3.88. The van der Waals surface area contributed by atoms with Gasteiger partial charge in [-0.05, 0) is 19.9 Å². The van der Waals surface area contributed by atoms with Gasteiger partial charge in [-0.1, -0.05) is 13.8 Å². The van der Waals surface area contributed by atoms with Gasteiger partial charge in [0.25, 0.3) is 0 Å². The first-order chi connectivity index (χ1) is 9.17. The monoisotopic (exact) mass is 282 g/mol. The summed E-state index contributed by atoms with van der Waals surface area (Å²) in [6.45, 7) is 10.8. The van der Waals surface area contributed by atoms with Gasteiger partial charge in [0.2, 0.25) is 0 Å². The van der Waals surface area contributed by atoms with Crippen LogP contribution in [0, 0.1) is 6.92 Å². The van der Waals surface area contributed by atoms with Crippen LogP contribution in [0.25, 0.3) is 0 Å². The molecule has 2 heterocycles. The average molecular weight is 282 g/mol. The van der Waals surface area contributed by atoms with E-state index in [-0.39, 0.29) is 0 Å². The van der Waals surface area contributed by atoms with Crippen LogP contribution in [-0.4, -0.2) is 40.4 Å². The van der Waals surface area contributed by atoms with Crippen molar-refractivity contribution in [1.82, 2.24) is 15.1 Å². The molecular weight excluding hydrogens is 256 g/mol. The highest BCUT2D eigenvalue weighted by Crippen LogP contribution is 2.29. The van der Waals surface area contributed by atoms with Crippen LogP contribution in [0.1, 0.15) is 31.5 Å². The van der Waals surface area contributed by atoms with Crippen LogP contribution in [0.2, 0.25) is 0 Å². The summed E-state index contributed by atoms with van der Waals surface area (Å²) in [4.78, 5) is 2.53. The van der Waals surface area contributed by atoms with E-state index in [1.54, 1.807) is 0 Å². The first-order valence-electron chi connectivity index (χ1n) is 7.27. The lowest BCUT2D eigenvalue weighted by atomic mass is 10.2. The molecule has 0 aliphatic carbocycles. The van der Waals surface area contributed by atoms with Crippen molar-refractivity contribution in [3.63, 3.8) is 0 Å². The lowest BCUT2D eigenvalue weighted by molar-refractivity contribution is 0.666. The van der Waals surface area contributed by atoms with E-state index in [9.17, 15) is 0 Å². The maximum Gasteiger partial charge on any atom is 0.131 e. The van der Waals surface area contributed by atoms with Crippen LogP contribution < -0.4 is 10.2 Å². The number of nitrogens with zero attached hydrogens (tertiary/aromatic N) is 3. The lowest BCUT2D eigenvalue weighted by Crippen LogP contribution is -2.39. The number of aromatic nitrogens is 2. The van der Waals surface area contributed by atoms with Crippen molar-refractivity contribution < 1.29 is 0 Å². The third-order valence-corrected chi connectivity index (χ3v) is 5.13. The maximum absolute atomic E-state index is 4.62.